The first-order chi connectivity index (χ1) is 12.6. The molecule has 0 aliphatic heterocycles. The molecule has 5 nitrogen and oxygen atoms in total. The predicted molar refractivity (Wildman–Crippen MR) is 105 cm³/mol. The van der Waals surface area contributed by atoms with Crippen molar-refractivity contribution in [2.24, 2.45) is 5.73 Å². The van der Waals surface area contributed by atoms with Crippen LogP contribution in [0.4, 0.5) is 18.0 Å². The lowest BCUT2D eigenvalue weighted by Crippen LogP contribution is -2.42. The van der Waals surface area contributed by atoms with Crippen LogP contribution in [0.25, 0.3) is 0 Å². The maximum absolute atomic E-state index is 12.8. The fourth-order valence-electron chi connectivity index (χ4n) is 1.80. The molecule has 1 rings (SSSR count). The number of carbonyl (C=O) groups is 1. The molecule has 0 heterocycles. The Balaban J connectivity index is 3.09. The molecule has 0 bridgehead atoms. The highest BCUT2D eigenvalue weighted by molar-refractivity contribution is 6.69. The number of benzene rings is 1. The summed E-state index contributed by atoms with van der Waals surface area (Å²) < 4.78 is 41.5. The Morgan fingerprint density at radius 1 is 1.18 bits per heavy atom. The van der Waals surface area contributed by atoms with Gasteiger partial charge in [0.2, 0.25) is 3.79 Å². The number of alkyl halides is 6. The molecule has 0 fully saturated rings. The topological polar surface area (TPSA) is 76.4 Å². The third kappa shape index (κ3) is 7.93. The van der Waals surface area contributed by atoms with Gasteiger partial charge >= 0.3 is 12.2 Å². The second-order valence-corrected chi connectivity index (χ2v) is 8.78. The Morgan fingerprint density at radius 2 is 1.68 bits per heavy atom. The average molecular weight is 504 g/mol. The summed E-state index contributed by atoms with van der Waals surface area (Å²) in [4.78, 5) is 11.8. The molecule has 1 unspecified atom stereocenters. The minimum Gasteiger partial charge on any atom is -0.469 e. The number of hydrogen-bond acceptors (Lipinski definition) is 3. The van der Waals surface area contributed by atoms with Crippen LogP contribution in [-0.2, 0) is 6.18 Å². The van der Waals surface area contributed by atoms with E-state index in [9.17, 15) is 18.0 Å². The summed E-state index contributed by atoms with van der Waals surface area (Å²) in [6.07, 6.45) is -4.99. The van der Waals surface area contributed by atoms with Gasteiger partial charge in [-0.2, -0.15) is 13.2 Å². The van der Waals surface area contributed by atoms with Gasteiger partial charge in [-0.1, -0.05) is 58.0 Å². The molecule has 1 aromatic rings. The Hall–Kier alpha value is -0.770. The van der Waals surface area contributed by atoms with E-state index in [-0.39, 0.29) is 17.5 Å². The highest BCUT2D eigenvalue weighted by Gasteiger charge is 2.33. The first-order valence-corrected chi connectivity index (χ1v) is 9.35. The molecule has 158 valence electrons. The highest BCUT2D eigenvalue weighted by atomic mass is 35.6. The van der Waals surface area contributed by atoms with Crippen molar-refractivity contribution >= 4 is 64.0 Å². The molecule has 2 amide bonds. The van der Waals surface area contributed by atoms with Crippen molar-refractivity contribution in [3.63, 3.8) is 0 Å². The normalized spacial score (nSPS) is 14.1. The van der Waals surface area contributed by atoms with Crippen molar-refractivity contribution in [3.05, 3.63) is 39.5 Å². The van der Waals surface area contributed by atoms with Crippen molar-refractivity contribution in [2.75, 3.05) is 0 Å². The van der Waals surface area contributed by atoms with Crippen LogP contribution < -0.4 is 21.1 Å². The average Bonchev–Trinajstić information content (AvgIpc) is 2.47. The molecule has 0 aromatic heterocycles. The van der Waals surface area contributed by atoms with Gasteiger partial charge in [0, 0.05) is 6.04 Å². The fraction of sp³-hybridized carbons (Fsp3) is 0.400. The van der Waals surface area contributed by atoms with Crippen molar-refractivity contribution in [1.82, 2.24) is 10.6 Å². The van der Waals surface area contributed by atoms with Gasteiger partial charge in [-0.15, -0.1) is 0 Å². The van der Waals surface area contributed by atoms with Crippen LogP contribution in [0.1, 0.15) is 19.4 Å². The van der Waals surface area contributed by atoms with E-state index in [4.69, 9.17) is 68.5 Å². The Labute approximate surface area is 184 Å². The molecule has 0 aliphatic carbocycles. The molecule has 4 N–H and O–H groups in total. The molecule has 1 aromatic carbocycles. The van der Waals surface area contributed by atoms with Crippen LogP contribution in [0.5, 0.6) is 5.75 Å². The summed E-state index contributed by atoms with van der Waals surface area (Å²) in [6, 6.07) is 0.379. The fourth-order valence-corrected chi connectivity index (χ4v) is 2.70. The lowest BCUT2D eigenvalue weighted by atomic mass is 10.2. The number of nitrogens with one attached hydrogen (secondary N) is 2. The number of halogens is 8. The quantitative estimate of drug-likeness (QED) is 0.360. The van der Waals surface area contributed by atoms with Crippen molar-refractivity contribution in [2.45, 2.75) is 36.1 Å². The minimum absolute atomic E-state index is 0.202. The van der Waals surface area contributed by atoms with Crippen molar-refractivity contribution in [1.29, 1.82) is 0 Å². The van der Waals surface area contributed by atoms with Crippen LogP contribution in [0.3, 0.4) is 0 Å². The van der Waals surface area contributed by atoms with Gasteiger partial charge < -0.3 is 15.4 Å². The van der Waals surface area contributed by atoms with E-state index in [1.54, 1.807) is 13.8 Å². The number of allylic oxidation sites excluding steroid dienone is 1. The lowest BCUT2D eigenvalue weighted by molar-refractivity contribution is -0.137. The number of urea groups is 1. The Morgan fingerprint density at radius 3 is 2.07 bits per heavy atom. The molecule has 0 radical (unpaired) electrons. The summed E-state index contributed by atoms with van der Waals surface area (Å²) in [5.41, 5.74) is 4.45. The van der Waals surface area contributed by atoms with Gasteiger partial charge in [0.1, 0.15) is 0 Å². The summed E-state index contributed by atoms with van der Waals surface area (Å²) in [6.45, 7) is 3.42. The predicted octanol–water partition coefficient (Wildman–Crippen LogP) is 5.64. The molecular formula is C15H15Cl5F3N3O2. The maximum atomic E-state index is 12.8. The highest BCUT2D eigenvalue weighted by Crippen LogP contribution is 2.40. The molecule has 28 heavy (non-hydrogen) atoms. The zero-order chi connectivity index (χ0) is 21.9. The third-order valence-corrected chi connectivity index (χ3v) is 4.06. The molecule has 13 heteroatoms. The van der Waals surface area contributed by atoms with Crippen molar-refractivity contribution in [3.8, 4) is 5.75 Å². The first kappa shape index (κ1) is 25.3. The third-order valence-electron chi connectivity index (χ3n) is 2.88. The van der Waals surface area contributed by atoms with E-state index in [1.165, 1.54) is 0 Å². The van der Waals surface area contributed by atoms with E-state index in [2.05, 4.69) is 10.6 Å². The minimum atomic E-state index is -4.65. The number of ether oxygens (including phenoxy) is 1. The summed E-state index contributed by atoms with van der Waals surface area (Å²) >= 11 is 29.0. The van der Waals surface area contributed by atoms with Gasteiger partial charge in [0.25, 0.3) is 0 Å². The van der Waals surface area contributed by atoms with Gasteiger partial charge in [0.05, 0.1) is 21.3 Å². The molecule has 1 atom stereocenters. The molecule has 0 saturated carbocycles. The van der Waals surface area contributed by atoms with Gasteiger partial charge in [-0.3, -0.25) is 5.73 Å². The summed E-state index contributed by atoms with van der Waals surface area (Å²) in [5.74, 6) is -0.310. The van der Waals surface area contributed by atoms with Crippen LogP contribution in [0, 0.1) is 0 Å². The lowest BCUT2D eigenvalue weighted by Gasteiger charge is -2.21. The second-order valence-electron chi connectivity index (χ2n) is 5.68. The number of carbonyl (C=O) groups excluding carboxylic acids is 1. The van der Waals surface area contributed by atoms with Gasteiger partial charge in [-0.05, 0) is 32.1 Å². The number of hydrogen-bond donors (Lipinski definition) is 3. The van der Waals surface area contributed by atoms with Crippen LogP contribution >= 0.6 is 58.0 Å². The molecular weight excluding hydrogens is 488 g/mol. The smallest absolute Gasteiger partial charge is 0.416 e. The van der Waals surface area contributed by atoms with Crippen LogP contribution in [0.15, 0.2) is 23.9 Å². The maximum Gasteiger partial charge on any atom is 0.416 e. The Kier molecular flexibility index (Phi) is 8.86. The van der Waals surface area contributed by atoms with Crippen molar-refractivity contribution < 1.29 is 22.7 Å². The van der Waals surface area contributed by atoms with Gasteiger partial charge in [0.15, 0.2) is 12.0 Å². The Bertz CT molecular complexity index is 728. The second kappa shape index (κ2) is 9.82. The zero-order valence-corrected chi connectivity index (χ0v) is 18.1. The first-order valence-electron chi connectivity index (χ1n) is 7.46. The monoisotopic (exact) mass is 501 g/mol. The number of nitrogens with two attached hydrogens (primary N) is 1. The van der Waals surface area contributed by atoms with E-state index < -0.39 is 37.8 Å². The van der Waals surface area contributed by atoms with Gasteiger partial charge in [-0.25, -0.2) is 4.79 Å². The van der Waals surface area contributed by atoms with Crippen LogP contribution in [0.2, 0.25) is 10.0 Å². The summed E-state index contributed by atoms with van der Waals surface area (Å²) in [5, 5.41) is 3.96. The SMILES string of the molecule is CC(C)NC(=O)N/C(=C\C(N)Oc1c(Cl)cc(C(F)(F)F)cc1Cl)C(Cl)(Cl)Cl. The summed E-state index contributed by atoms with van der Waals surface area (Å²) in [7, 11) is 0. The molecule has 0 aliphatic rings. The number of rotatable bonds is 5. The van der Waals surface area contributed by atoms with E-state index in [1.807, 2.05) is 0 Å². The van der Waals surface area contributed by atoms with E-state index in [0.29, 0.717) is 12.1 Å². The van der Waals surface area contributed by atoms with Crippen LogP contribution in [-0.4, -0.2) is 22.1 Å². The standard InChI is InChI=1S/C15H15Cl5F3N3O2/c1-6(2)25-13(27)26-10(14(18,19)20)5-11(24)28-12-8(16)3-7(4-9(12)17)15(21,22)23/h3-6,11H,24H2,1-2H3,(H2,25,26,27)/b10-5-. The molecule has 0 saturated heterocycles. The zero-order valence-electron chi connectivity index (χ0n) is 14.3. The largest absolute Gasteiger partial charge is 0.469 e. The number of amides is 2. The molecule has 0 spiro atoms. The van der Waals surface area contributed by atoms with E-state index >= 15 is 0 Å². The van der Waals surface area contributed by atoms with E-state index in [0.717, 1.165) is 6.08 Å².